The molecule has 30 heavy (non-hydrogen) atoms. The maximum atomic E-state index is 6.18. The van der Waals surface area contributed by atoms with Gasteiger partial charge in [-0.15, -0.1) is 0 Å². The van der Waals surface area contributed by atoms with Crippen LogP contribution in [0.2, 0.25) is 0 Å². The molecule has 2 atom stereocenters. The summed E-state index contributed by atoms with van der Waals surface area (Å²) in [5.74, 6) is 2.66. The van der Waals surface area contributed by atoms with Crippen LogP contribution in [-0.2, 0) is 0 Å². The summed E-state index contributed by atoms with van der Waals surface area (Å²) >= 11 is 0. The molecule has 0 aliphatic heterocycles. The zero-order valence-corrected chi connectivity index (χ0v) is 20.1. The van der Waals surface area contributed by atoms with Crippen LogP contribution in [-0.4, -0.2) is 17.7 Å². The number of benzene rings is 1. The summed E-state index contributed by atoms with van der Waals surface area (Å²) in [7, 11) is 0. The fraction of sp³-hybridized carbons (Fsp3) is 0.593. The van der Waals surface area contributed by atoms with Crippen molar-refractivity contribution in [2.75, 3.05) is 6.61 Å². The lowest BCUT2D eigenvalue weighted by atomic mass is 9.94. The smallest absolute Gasteiger partial charge is 0.213 e. The average molecular weight is 412 g/mol. The highest BCUT2D eigenvalue weighted by atomic mass is 16.5. The zero-order valence-electron chi connectivity index (χ0n) is 20.1. The van der Waals surface area contributed by atoms with E-state index in [2.05, 4.69) is 83.8 Å². The average Bonchev–Trinajstić information content (AvgIpc) is 2.71. The van der Waals surface area contributed by atoms with Crippen LogP contribution >= 0.6 is 0 Å². The Labute approximate surface area is 184 Å². The molecule has 0 N–H and O–H groups in total. The third kappa shape index (κ3) is 8.38. The minimum Gasteiger partial charge on any atom is -0.493 e. The lowest BCUT2D eigenvalue weighted by molar-refractivity contribution is 0.174. The Balaban J connectivity index is 1.80. The van der Waals surface area contributed by atoms with Crippen LogP contribution < -0.4 is 9.47 Å². The van der Waals surface area contributed by atoms with Gasteiger partial charge in [0.2, 0.25) is 5.88 Å². The second-order valence-electron chi connectivity index (χ2n) is 9.95. The molecule has 2 rings (SSSR count). The Morgan fingerprint density at radius 1 is 0.933 bits per heavy atom. The Morgan fingerprint density at radius 2 is 1.63 bits per heavy atom. The van der Waals surface area contributed by atoms with Gasteiger partial charge in [0.05, 0.1) is 6.61 Å². The van der Waals surface area contributed by atoms with Crippen LogP contribution in [0.4, 0.5) is 0 Å². The fourth-order valence-corrected chi connectivity index (χ4v) is 3.35. The van der Waals surface area contributed by atoms with Crippen LogP contribution in [0.25, 0.3) is 0 Å². The zero-order chi connectivity index (χ0) is 22.1. The number of nitrogens with zero attached hydrogens (tertiary/aromatic N) is 1. The highest BCUT2D eigenvalue weighted by molar-refractivity contribution is 5.29. The molecule has 0 fully saturated rings. The van der Waals surface area contributed by atoms with Gasteiger partial charge < -0.3 is 9.47 Å². The first-order chi connectivity index (χ1) is 14.2. The van der Waals surface area contributed by atoms with Crippen molar-refractivity contribution in [2.45, 2.75) is 92.1 Å². The first-order valence-corrected chi connectivity index (χ1v) is 11.5. The van der Waals surface area contributed by atoms with Gasteiger partial charge in [0.25, 0.3) is 0 Å². The van der Waals surface area contributed by atoms with Crippen molar-refractivity contribution < 1.29 is 9.47 Å². The third-order valence-corrected chi connectivity index (χ3v) is 5.36. The number of ether oxygens (including phenoxy) is 2. The van der Waals surface area contributed by atoms with Crippen LogP contribution in [0.15, 0.2) is 42.5 Å². The lowest BCUT2D eigenvalue weighted by Gasteiger charge is -2.20. The fourth-order valence-electron chi connectivity index (χ4n) is 3.35. The van der Waals surface area contributed by atoms with Crippen LogP contribution in [0.5, 0.6) is 11.6 Å². The van der Waals surface area contributed by atoms with Gasteiger partial charge in [0.15, 0.2) is 0 Å². The molecule has 1 aromatic carbocycles. The molecule has 1 heterocycles. The van der Waals surface area contributed by atoms with E-state index in [9.17, 15) is 0 Å². The third-order valence-electron chi connectivity index (χ3n) is 5.36. The van der Waals surface area contributed by atoms with E-state index >= 15 is 0 Å². The predicted octanol–water partition coefficient (Wildman–Crippen LogP) is 7.76. The van der Waals surface area contributed by atoms with E-state index < -0.39 is 0 Å². The number of aromatic nitrogens is 1. The van der Waals surface area contributed by atoms with Crippen molar-refractivity contribution in [3.63, 3.8) is 0 Å². The highest BCUT2D eigenvalue weighted by Crippen LogP contribution is 2.26. The van der Waals surface area contributed by atoms with Crippen molar-refractivity contribution >= 4 is 0 Å². The molecular weight excluding hydrogens is 370 g/mol. The van der Waals surface area contributed by atoms with Crippen molar-refractivity contribution in [3.05, 3.63) is 53.7 Å². The molecule has 3 heteroatoms. The van der Waals surface area contributed by atoms with E-state index in [1.54, 1.807) is 0 Å². The molecule has 0 bridgehead atoms. The molecule has 0 saturated carbocycles. The second-order valence-corrected chi connectivity index (χ2v) is 9.95. The van der Waals surface area contributed by atoms with Crippen molar-refractivity contribution in [3.8, 4) is 11.6 Å². The van der Waals surface area contributed by atoms with Gasteiger partial charge >= 0.3 is 0 Å². The molecule has 2 unspecified atom stereocenters. The highest BCUT2D eigenvalue weighted by Gasteiger charge is 2.14. The first-order valence-electron chi connectivity index (χ1n) is 11.5. The maximum absolute atomic E-state index is 6.18. The van der Waals surface area contributed by atoms with E-state index in [0.29, 0.717) is 11.8 Å². The molecular formula is C27H41NO2. The van der Waals surface area contributed by atoms with Gasteiger partial charge in [0.1, 0.15) is 11.9 Å². The van der Waals surface area contributed by atoms with E-state index in [-0.39, 0.29) is 11.5 Å². The van der Waals surface area contributed by atoms with E-state index in [1.165, 1.54) is 5.56 Å². The molecule has 3 nitrogen and oxygen atoms in total. The molecule has 0 spiro atoms. The quantitative estimate of drug-likeness (QED) is 0.378. The Bertz CT molecular complexity index is 746. The minimum atomic E-state index is 0.176. The number of rotatable bonds is 11. The molecule has 0 saturated heterocycles. The Morgan fingerprint density at radius 3 is 2.23 bits per heavy atom. The van der Waals surface area contributed by atoms with Crippen LogP contribution in [0, 0.1) is 5.41 Å². The predicted molar refractivity (Wildman–Crippen MR) is 127 cm³/mol. The van der Waals surface area contributed by atoms with Crippen molar-refractivity contribution in [2.24, 2.45) is 5.41 Å². The molecule has 2 aromatic rings. The maximum Gasteiger partial charge on any atom is 0.213 e. The van der Waals surface area contributed by atoms with Crippen molar-refractivity contribution in [1.82, 2.24) is 4.98 Å². The summed E-state index contributed by atoms with van der Waals surface area (Å²) in [6.07, 6.45) is 4.58. The Hall–Kier alpha value is -2.03. The summed E-state index contributed by atoms with van der Waals surface area (Å²) in [4.78, 5) is 4.66. The molecule has 0 amide bonds. The SMILES string of the molecule is CCC(CCCC(C)c1ccc(OCC(C)(C)C)cc1)Oc1cccc(C(C)C)n1. The summed E-state index contributed by atoms with van der Waals surface area (Å²) in [6.45, 7) is 16.1. The van der Waals surface area contributed by atoms with E-state index in [1.807, 2.05) is 12.1 Å². The van der Waals surface area contributed by atoms with Crippen LogP contribution in [0.1, 0.15) is 97.2 Å². The summed E-state index contributed by atoms with van der Waals surface area (Å²) in [6, 6.07) is 14.7. The first kappa shape index (κ1) is 24.2. The number of hydrogen-bond acceptors (Lipinski definition) is 3. The van der Waals surface area contributed by atoms with Gasteiger partial charge in [-0.3, -0.25) is 0 Å². The standard InChI is InChI=1S/C27H41NO2/c1-8-23(30-26-14-10-13-25(28-26)20(2)3)12-9-11-21(4)22-15-17-24(18-16-22)29-19-27(5,6)7/h10,13-18,20-21,23H,8-9,11-12,19H2,1-7H3. The molecule has 0 aliphatic carbocycles. The molecule has 1 aromatic heterocycles. The summed E-state index contributed by atoms with van der Waals surface area (Å²) < 4.78 is 12.1. The normalized spacial score (nSPS) is 13.9. The van der Waals surface area contributed by atoms with E-state index in [0.717, 1.165) is 49.6 Å². The van der Waals surface area contributed by atoms with Gasteiger partial charge in [-0.05, 0) is 66.7 Å². The topological polar surface area (TPSA) is 31.4 Å². The molecule has 0 aliphatic rings. The summed E-state index contributed by atoms with van der Waals surface area (Å²) in [5, 5.41) is 0. The second kappa shape index (κ2) is 11.4. The minimum absolute atomic E-state index is 0.176. The summed E-state index contributed by atoms with van der Waals surface area (Å²) in [5.41, 5.74) is 2.64. The largest absolute Gasteiger partial charge is 0.493 e. The number of pyridine rings is 1. The Kier molecular flexibility index (Phi) is 9.20. The van der Waals surface area contributed by atoms with Gasteiger partial charge in [-0.1, -0.05) is 66.7 Å². The molecule has 166 valence electrons. The van der Waals surface area contributed by atoms with Crippen molar-refractivity contribution in [1.29, 1.82) is 0 Å². The number of hydrogen-bond donors (Lipinski definition) is 0. The molecule has 0 radical (unpaired) electrons. The van der Waals surface area contributed by atoms with Gasteiger partial charge in [-0.2, -0.15) is 0 Å². The lowest BCUT2D eigenvalue weighted by Crippen LogP contribution is -2.17. The van der Waals surface area contributed by atoms with E-state index in [4.69, 9.17) is 9.47 Å². The van der Waals surface area contributed by atoms with Crippen LogP contribution in [0.3, 0.4) is 0 Å². The monoisotopic (exact) mass is 411 g/mol. The van der Waals surface area contributed by atoms with Gasteiger partial charge in [0, 0.05) is 11.8 Å². The van der Waals surface area contributed by atoms with Gasteiger partial charge in [-0.25, -0.2) is 4.98 Å².